The van der Waals surface area contributed by atoms with Gasteiger partial charge in [-0.15, -0.1) is 61.3 Å². The molecule has 0 atom stereocenters. The van der Waals surface area contributed by atoms with E-state index in [9.17, 15) is 0 Å². The Morgan fingerprint density at radius 2 is 0.670 bits per heavy atom. The number of aromatic nitrogens is 28. The Labute approximate surface area is 634 Å². The first-order valence-electron chi connectivity index (χ1n) is 31.0. The van der Waals surface area contributed by atoms with Gasteiger partial charge < -0.3 is 28.7 Å². The number of anilines is 5. The van der Waals surface area contributed by atoms with Crippen LogP contribution in [0.5, 0.6) is 0 Å². The number of nitrogens with zero attached hydrogens (tertiary/aromatic N) is 40. The lowest BCUT2D eigenvalue weighted by atomic mass is 10.4. The van der Waals surface area contributed by atoms with E-state index in [1.807, 2.05) is 6.92 Å². The van der Waals surface area contributed by atoms with Crippen LogP contribution in [0, 0.1) is 87.1 Å². The minimum atomic E-state index is 0.281. The van der Waals surface area contributed by atoms with Crippen molar-refractivity contribution in [3.05, 3.63) is 165 Å². The minimum Gasteiger partial charge on any atom is -0.382 e. The van der Waals surface area contributed by atoms with Crippen molar-refractivity contribution in [1.29, 1.82) is 5.26 Å². The van der Waals surface area contributed by atoms with Crippen molar-refractivity contribution >= 4 is 146 Å². The summed E-state index contributed by atoms with van der Waals surface area (Å²) in [5.74, 6) is 4.70. The fourth-order valence-corrected chi connectivity index (χ4v) is 11.5. The van der Waals surface area contributed by atoms with Crippen LogP contribution in [0.3, 0.4) is 0 Å². The van der Waals surface area contributed by atoms with Gasteiger partial charge in [0.25, 0.3) is 34.9 Å². The number of azo groups is 5. The molecular weight excluding hydrogens is 1500 g/mol. The lowest BCUT2D eigenvalue weighted by molar-refractivity contribution is 0.805. The number of rotatable bonds is 15. The van der Waals surface area contributed by atoms with Gasteiger partial charge in [0.05, 0.1) is 46.4 Å². The molecule has 0 unspecified atom stereocenters. The average molecular weight is 1550 g/mol. The van der Waals surface area contributed by atoms with Gasteiger partial charge in [-0.2, -0.15) is 62.9 Å². The van der Waals surface area contributed by atoms with Crippen molar-refractivity contribution in [1.82, 2.24) is 137 Å². The number of nitriles is 1. The second kappa shape index (κ2) is 34.8. The van der Waals surface area contributed by atoms with E-state index < -0.39 is 0 Å². The van der Waals surface area contributed by atoms with E-state index in [1.54, 1.807) is 155 Å². The van der Waals surface area contributed by atoms with E-state index in [0.29, 0.717) is 163 Å². The average Bonchev–Trinajstić information content (AvgIpc) is 1.69. The van der Waals surface area contributed by atoms with Crippen LogP contribution in [0.2, 0.25) is 0 Å². The second-order valence-electron chi connectivity index (χ2n) is 21.3. The Balaban J connectivity index is 0.000000135. The van der Waals surface area contributed by atoms with E-state index >= 15 is 0 Å². The number of hydrogen-bond acceptors (Lipinski definition) is 44. The van der Waals surface area contributed by atoms with Crippen LogP contribution in [0.15, 0.2) is 143 Å². The van der Waals surface area contributed by atoms with Crippen LogP contribution < -0.4 is 28.7 Å². The maximum absolute atomic E-state index is 8.94. The molecule has 0 saturated heterocycles. The standard InChI is InChI=1S/2C13H11N9S.3C11H11N9S/c1-7-9(18-19-12-10(15-3)8(2)21-23-12)11(14)22(20-7)13-16-5-4-6-17-13;1-7-9(6-14)23-13(18-7)20-19-10-8(2)21-22(11(10)15)12-16-4-3-5-17-12;1-6-8(16-18-11-17-15-7(2)21-11)9(12)20(19-6)10-13-4-3-5-14-10;2*1-6-8(16-17-11-15-7(2)19-21-11)9(12)20(18-6)10-13-4-3-5-14-10/h4-6H,14H2,1-2H3;3-5H,15H2,1-2H3;3*3-5H,12H2,1-2H3. The first-order valence-corrected chi connectivity index (χ1v) is 34.9. The molecule has 50 heteroatoms. The molecule has 10 N–H and O–H groups in total. The van der Waals surface area contributed by atoms with Crippen molar-refractivity contribution in [3.8, 4) is 35.8 Å². The van der Waals surface area contributed by atoms with Crippen LogP contribution in [0.25, 0.3) is 34.6 Å². The Morgan fingerprint density at radius 3 is 0.945 bits per heavy atom. The van der Waals surface area contributed by atoms with Crippen LogP contribution in [0.1, 0.15) is 61.4 Å². The van der Waals surface area contributed by atoms with Crippen molar-refractivity contribution in [2.24, 2.45) is 51.1 Å². The molecule has 0 aliphatic rings. The Hall–Kier alpha value is -14.6. The Bertz CT molecular complexity index is 5540. The lowest BCUT2D eigenvalue weighted by Gasteiger charge is -2.00. The molecule has 0 radical (unpaired) electrons. The molecule has 15 rings (SSSR count). The molecule has 0 spiro atoms. The number of hydrogen-bond donors (Lipinski definition) is 5. The number of aryl methyl sites for hydroxylation is 10. The predicted octanol–water partition coefficient (Wildman–Crippen LogP) is 12.3. The maximum atomic E-state index is 8.94. The molecule has 0 bridgehead atoms. The molecular formula is C59H55N45S5. The summed E-state index contributed by atoms with van der Waals surface area (Å²) < 4.78 is 19.2. The van der Waals surface area contributed by atoms with Gasteiger partial charge in [0.1, 0.15) is 27.6 Å². The quantitative estimate of drug-likeness (QED) is 0.0470. The highest BCUT2D eigenvalue weighted by Gasteiger charge is 2.22. The SMILES string of the molecule is Cc1nc(N=Nc2c(C)nn(-c3ncccn3)c2N)sc1C#N.Cc1nnc(N=Nc2c(C)nn(-c3ncccn3)c2N)s1.Cc1nsc(N=Nc2c(C)nn(-c3ncccn3)c2N)n1.Cc1nsc(N=Nc2c(C)nn(-c3ncccn3)c2N)n1.[C-]#[N+]c1c(C)nsc1N=Nc1c(C)nn(-c2ncccn2)c1N. The molecule has 15 aromatic heterocycles. The number of nitrogen functional groups attached to an aromatic ring is 5. The van der Waals surface area contributed by atoms with Gasteiger partial charge in [0, 0.05) is 85.0 Å². The van der Waals surface area contributed by atoms with E-state index in [4.69, 9.17) is 40.5 Å². The third-order valence-electron chi connectivity index (χ3n) is 13.6. The molecule has 0 amide bonds. The van der Waals surface area contributed by atoms with Gasteiger partial charge in [0.2, 0.25) is 21.1 Å². The first-order chi connectivity index (χ1) is 52.7. The van der Waals surface area contributed by atoms with Gasteiger partial charge in [-0.05, 0) is 111 Å². The Kier molecular flexibility index (Phi) is 24.1. The van der Waals surface area contributed by atoms with Crippen molar-refractivity contribution in [2.75, 3.05) is 28.7 Å². The molecule has 45 nitrogen and oxygen atoms in total. The van der Waals surface area contributed by atoms with Crippen LogP contribution in [-0.4, -0.2) is 137 Å². The van der Waals surface area contributed by atoms with E-state index in [0.717, 1.165) is 16.5 Å². The highest BCUT2D eigenvalue weighted by atomic mass is 32.1. The number of thiazole rings is 1. The van der Waals surface area contributed by atoms with E-state index in [-0.39, 0.29) is 11.6 Å². The molecule has 0 aromatic carbocycles. The summed E-state index contributed by atoms with van der Waals surface area (Å²) in [5.41, 5.74) is 37.2. The zero-order valence-electron chi connectivity index (χ0n) is 58.5. The van der Waals surface area contributed by atoms with E-state index in [2.05, 4.69) is 176 Å². The van der Waals surface area contributed by atoms with Gasteiger partial charge in [0.15, 0.2) is 62.5 Å². The summed E-state index contributed by atoms with van der Waals surface area (Å²) in [6.07, 6.45) is 16.1. The predicted molar refractivity (Wildman–Crippen MR) is 401 cm³/mol. The molecule has 0 aliphatic carbocycles. The zero-order valence-corrected chi connectivity index (χ0v) is 62.6. The largest absolute Gasteiger partial charge is 0.382 e. The van der Waals surface area contributed by atoms with Gasteiger partial charge in [-0.25, -0.2) is 74.0 Å². The monoisotopic (exact) mass is 1550 g/mol. The summed E-state index contributed by atoms with van der Waals surface area (Å²) in [6, 6.07) is 10.6. The topological polar surface area (TPSA) is 603 Å². The smallest absolute Gasteiger partial charge is 0.252 e. The highest BCUT2D eigenvalue weighted by Crippen LogP contribution is 2.39. The molecule has 0 saturated carbocycles. The minimum absolute atomic E-state index is 0.281. The summed E-state index contributed by atoms with van der Waals surface area (Å²) in [5, 5.41) is 81.9. The summed E-state index contributed by atoms with van der Waals surface area (Å²) in [7, 11) is 0. The third-order valence-corrected chi connectivity index (χ3v) is 17.4. The summed E-state index contributed by atoms with van der Waals surface area (Å²) in [6.45, 7) is 25.0. The van der Waals surface area contributed by atoms with Crippen LogP contribution >= 0.6 is 57.3 Å². The van der Waals surface area contributed by atoms with Crippen LogP contribution in [-0.2, 0) is 0 Å². The summed E-state index contributed by atoms with van der Waals surface area (Å²) in [4.78, 5) is 57.3. The van der Waals surface area contributed by atoms with Crippen LogP contribution in [0.4, 0.5) is 88.7 Å². The van der Waals surface area contributed by atoms with E-state index in [1.165, 1.54) is 69.1 Å². The molecule has 15 aromatic rings. The lowest BCUT2D eigenvalue weighted by Crippen LogP contribution is -2.05. The fourth-order valence-electron chi connectivity index (χ4n) is 8.59. The summed E-state index contributed by atoms with van der Waals surface area (Å²) >= 11 is 5.97. The normalized spacial score (nSPS) is 11.2. The number of nitrogens with two attached hydrogens (primary N) is 5. The van der Waals surface area contributed by atoms with Gasteiger partial charge in [-0.3, -0.25) is 0 Å². The maximum Gasteiger partial charge on any atom is 0.252 e. The van der Waals surface area contributed by atoms with Crippen molar-refractivity contribution in [2.45, 2.75) is 69.2 Å². The molecule has 546 valence electrons. The van der Waals surface area contributed by atoms with Gasteiger partial charge >= 0.3 is 0 Å². The first kappa shape index (κ1) is 75.5. The Morgan fingerprint density at radius 1 is 0.358 bits per heavy atom. The van der Waals surface area contributed by atoms with Gasteiger partial charge in [-0.1, -0.05) is 22.7 Å². The highest BCUT2D eigenvalue weighted by molar-refractivity contribution is 7.16. The second-order valence-corrected chi connectivity index (χ2v) is 25.7. The molecule has 0 fully saturated rings. The molecule has 15 heterocycles. The van der Waals surface area contributed by atoms with Crippen molar-refractivity contribution in [3.63, 3.8) is 0 Å². The van der Waals surface area contributed by atoms with Crippen molar-refractivity contribution < 1.29 is 0 Å². The zero-order chi connectivity index (χ0) is 77.3. The molecule has 109 heavy (non-hydrogen) atoms. The third kappa shape index (κ3) is 18.3. The molecule has 0 aliphatic heterocycles. The fraction of sp³-hybridized carbons (Fsp3) is 0.169.